The van der Waals surface area contributed by atoms with Gasteiger partial charge in [-0.25, -0.2) is 8.42 Å². The van der Waals surface area contributed by atoms with Crippen LogP contribution in [-0.4, -0.2) is 57.3 Å². The van der Waals surface area contributed by atoms with Gasteiger partial charge in [0.05, 0.1) is 11.9 Å². The molecule has 36 heavy (non-hydrogen) atoms. The highest BCUT2D eigenvalue weighted by Crippen LogP contribution is 2.36. The predicted molar refractivity (Wildman–Crippen MR) is 139 cm³/mol. The van der Waals surface area contributed by atoms with Gasteiger partial charge in [-0.05, 0) is 42.2 Å². The zero-order valence-electron chi connectivity index (χ0n) is 20.9. The van der Waals surface area contributed by atoms with Crippen LogP contribution in [0.4, 0.5) is 5.69 Å². The van der Waals surface area contributed by atoms with Gasteiger partial charge in [-0.2, -0.15) is 0 Å². The highest BCUT2D eigenvalue weighted by molar-refractivity contribution is 7.92. The van der Waals surface area contributed by atoms with Crippen molar-refractivity contribution in [1.82, 2.24) is 10.2 Å². The molecule has 0 saturated heterocycles. The molecule has 0 fully saturated rings. The lowest BCUT2D eigenvalue weighted by Gasteiger charge is -2.33. The first-order valence-electron chi connectivity index (χ1n) is 11.7. The zero-order chi connectivity index (χ0) is 26.5. The van der Waals surface area contributed by atoms with E-state index in [0.29, 0.717) is 29.5 Å². The normalized spacial score (nSPS) is 13.4. The summed E-state index contributed by atoms with van der Waals surface area (Å²) in [6, 6.07) is 10.8. The molecule has 1 N–H and O–H groups in total. The summed E-state index contributed by atoms with van der Waals surface area (Å²) in [6.45, 7) is 5.90. The molecular formula is C25H32ClN3O6S. The number of nitrogens with zero attached hydrogens (tertiary/aromatic N) is 2. The van der Waals surface area contributed by atoms with Gasteiger partial charge in [0, 0.05) is 24.2 Å². The van der Waals surface area contributed by atoms with Crippen molar-refractivity contribution in [2.75, 3.05) is 30.4 Å². The summed E-state index contributed by atoms with van der Waals surface area (Å²) >= 11 is 6.01. The number of hydrogen-bond acceptors (Lipinski definition) is 6. The second-order valence-corrected chi connectivity index (χ2v) is 11.4. The number of anilines is 1. The summed E-state index contributed by atoms with van der Waals surface area (Å²) < 4.78 is 37.1. The number of carbonyl (C=O) groups excluding carboxylic acids is 2. The van der Waals surface area contributed by atoms with Gasteiger partial charge in [-0.1, -0.05) is 44.5 Å². The maximum atomic E-state index is 13.7. The summed E-state index contributed by atoms with van der Waals surface area (Å²) in [4.78, 5) is 28.2. The molecule has 1 aliphatic heterocycles. The first-order valence-corrected chi connectivity index (χ1v) is 13.9. The predicted octanol–water partition coefficient (Wildman–Crippen LogP) is 3.41. The standard InChI is InChI=1S/C25H32ClN3O6S/c1-5-21(25(31)27-13-17(2)3)28(14-18-6-8-19(26)9-7-18)24(30)15-29(36(4,32)33)20-10-11-22-23(12-20)35-16-34-22/h6-12,17,21H,5,13-16H2,1-4H3,(H,27,31)/t21-/m0/s1. The van der Waals surface area contributed by atoms with Crippen LogP contribution in [0.1, 0.15) is 32.8 Å². The van der Waals surface area contributed by atoms with Gasteiger partial charge in [0.15, 0.2) is 11.5 Å². The molecule has 0 saturated carbocycles. The van der Waals surface area contributed by atoms with E-state index < -0.39 is 28.5 Å². The topological polar surface area (TPSA) is 105 Å². The average Bonchev–Trinajstić information content (AvgIpc) is 3.29. The van der Waals surface area contributed by atoms with Gasteiger partial charge in [0.1, 0.15) is 12.6 Å². The number of halogens is 1. The lowest BCUT2D eigenvalue weighted by atomic mass is 10.1. The summed E-state index contributed by atoms with van der Waals surface area (Å²) in [6.07, 6.45) is 1.38. The largest absolute Gasteiger partial charge is 0.454 e. The van der Waals surface area contributed by atoms with Crippen molar-refractivity contribution in [3.8, 4) is 11.5 Å². The van der Waals surface area contributed by atoms with Gasteiger partial charge >= 0.3 is 0 Å². The number of sulfonamides is 1. The third-order valence-electron chi connectivity index (χ3n) is 5.66. The fraction of sp³-hybridized carbons (Fsp3) is 0.440. The Morgan fingerprint density at radius 1 is 1.08 bits per heavy atom. The quantitative estimate of drug-likeness (QED) is 0.471. The number of nitrogens with one attached hydrogen (secondary N) is 1. The molecule has 2 amide bonds. The minimum absolute atomic E-state index is 0.0368. The Morgan fingerprint density at radius 2 is 1.75 bits per heavy atom. The van der Waals surface area contributed by atoms with Crippen molar-refractivity contribution in [2.24, 2.45) is 5.92 Å². The van der Waals surface area contributed by atoms with Gasteiger partial charge in [0.25, 0.3) is 0 Å². The Labute approximate surface area is 217 Å². The maximum absolute atomic E-state index is 13.7. The number of amides is 2. The monoisotopic (exact) mass is 537 g/mol. The van der Waals surface area contributed by atoms with Crippen LogP contribution in [-0.2, 0) is 26.2 Å². The van der Waals surface area contributed by atoms with E-state index in [1.807, 2.05) is 20.8 Å². The van der Waals surface area contributed by atoms with E-state index >= 15 is 0 Å². The first-order chi connectivity index (χ1) is 17.0. The summed E-state index contributed by atoms with van der Waals surface area (Å²) in [5.74, 6) is 0.322. The lowest BCUT2D eigenvalue weighted by Crippen LogP contribution is -2.52. The Morgan fingerprint density at radius 3 is 2.36 bits per heavy atom. The van der Waals surface area contributed by atoms with E-state index in [9.17, 15) is 18.0 Å². The molecule has 0 radical (unpaired) electrons. The van der Waals surface area contributed by atoms with E-state index in [1.165, 1.54) is 11.0 Å². The Hall–Kier alpha value is -2.98. The van der Waals surface area contributed by atoms with Gasteiger partial charge < -0.3 is 19.7 Å². The van der Waals surface area contributed by atoms with Gasteiger partial charge in [-0.15, -0.1) is 0 Å². The summed E-state index contributed by atoms with van der Waals surface area (Å²) in [5.41, 5.74) is 1.02. The van der Waals surface area contributed by atoms with Crippen LogP contribution < -0.4 is 19.1 Å². The van der Waals surface area contributed by atoms with Crippen molar-refractivity contribution in [1.29, 1.82) is 0 Å². The van der Waals surface area contributed by atoms with Crippen molar-refractivity contribution < 1.29 is 27.5 Å². The molecule has 3 rings (SSSR count). The Balaban J connectivity index is 1.92. The van der Waals surface area contributed by atoms with E-state index in [2.05, 4.69) is 5.32 Å². The van der Waals surface area contributed by atoms with E-state index in [4.69, 9.17) is 21.1 Å². The zero-order valence-corrected chi connectivity index (χ0v) is 22.4. The highest BCUT2D eigenvalue weighted by Gasteiger charge is 2.32. The minimum Gasteiger partial charge on any atom is -0.454 e. The Kier molecular flexibility index (Phi) is 9.08. The average molecular weight is 538 g/mol. The molecule has 0 bridgehead atoms. The van der Waals surface area contributed by atoms with Crippen molar-refractivity contribution in [2.45, 2.75) is 39.8 Å². The number of ether oxygens (including phenoxy) is 2. The maximum Gasteiger partial charge on any atom is 0.244 e. The molecular weight excluding hydrogens is 506 g/mol. The second-order valence-electron chi connectivity index (χ2n) is 9.02. The van der Waals surface area contributed by atoms with Crippen molar-refractivity contribution in [3.63, 3.8) is 0 Å². The number of fused-ring (bicyclic) bond motifs is 1. The van der Waals surface area contributed by atoms with E-state index in [-0.39, 0.29) is 30.9 Å². The minimum atomic E-state index is -3.85. The molecule has 2 aromatic rings. The fourth-order valence-electron chi connectivity index (χ4n) is 3.78. The summed E-state index contributed by atoms with van der Waals surface area (Å²) in [5, 5.41) is 3.44. The molecule has 0 aromatic heterocycles. The SMILES string of the molecule is CC[C@@H](C(=O)NCC(C)C)N(Cc1ccc(Cl)cc1)C(=O)CN(c1ccc2c(c1)OCO2)S(C)(=O)=O. The van der Waals surface area contributed by atoms with Crippen LogP contribution in [0.15, 0.2) is 42.5 Å². The van der Waals surface area contributed by atoms with Gasteiger partial charge in [-0.3, -0.25) is 13.9 Å². The highest BCUT2D eigenvalue weighted by atomic mass is 35.5. The summed E-state index contributed by atoms with van der Waals surface area (Å²) in [7, 11) is -3.85. The Bertz CT molecular complexity index is 1190. The van der Waals surface area contributed by atoms with Crippen LogP contribution in [0, 0.1) is 5.92 Å². The molecule has 196 valence electrons. The number of rotatable bonds is 11. The van der Waals surface area contributed by atoms with Crippen molar-refractivity contribution in [3.05, 3.63) is 53.1 Å². The lowest BCUT2D eigenvalue weighted by molar-refractivity contribution is -0.140. The second kappa shape index (κ2) is 11.8. The molecule has 0 aliphatic carbocycles. The molecule has 1 aliphatic rings. The van der Waals surface area contributed by atoms with E-state index in [1.54, 1.807) is 36.4 Å². The van der Waals surface area contributed by atoms with Crippen LogP contribution in [0.25, 0.3) is 0 Å². The molecule has 0 spiro atoms. The van der Waals surface area contributed by atoms with Crippen molar-refractivity contribution >= 4 is 39.1 Å². The molecule has 2 aromatic carbocycles. The first kappa shape index (κ1) is 27.6. The fourth-order valence-corrected chi connectivity index (χ4v) is 4.75. The van der Waals surface area contributed by atoms with Gasteiger partial charge in [0.2, 0.25) is 28.6 Å². The third kappa shape index (κ3) is 7.04. The molecule has 9 nitrogen and oxygen atoms in total. The number of hydrogen-bond donors (Lipinski definition) is 1. The van der Waals surface area contributed by atoms with Crippen LogP contribution >= 0.6 is 11.6 Å². The smallest absolute Gasteiger partial charge is 0.244 e. The van der Waals surface area contributed by atoms with Crippen LogP contribution in [0.2, 0.25) is 5.02 Å². The number of benzene rings is 2. The molecule has 11 heteroatoms. The molecule has 1 heterocycles. The van der Waals surface area contributed by atoms with Crippen LogP contribution in [0.5, 0.6) is 11.5 Å². The van der Waals surface area contributed by atoms with Crippen LogP contribution in [0.3, 0.4) is 0 Å². The number of carbonyl (C=O) groups is 2. The van der Waals surface area contributed by atoms with E-state index in [0.717, 1.165) is 16.1 Å². The molecule has 0 unspecified atom stereocenters. The third-order valence-corrected chi connectivity index (χ3v) is 7.05. The molecule has 1 atom stereocenters.